The van der Waals surface area contributed by atoms with Crippen LogP contribution < -0.4 is 18.9 Å². The fourth-order valence-corrected chi connectivity index (χ4v) is 6.25. The maximum absolute atomic E-state index is 4.07. The van der Waals surface area contributed by atoms with Crippen molar-refractivity contribution in [2.24, 2.45) is 0 Å². The van der Waals surface area contributed by atoms with Gasteiger partial charge in [-0.2, -0.15) is 23.3 Å². The molecule has 0 unspecified atom stereocenters. The van der Waals surface area contributed by atoms with Crippen LogP contribution in [-0.2, 0) is 21.7 Å². The standard InChI is InChI=1S/C24H37.Li/c1-9-23(10-2)15-21(5,6)17-14-20-18(13-19(17)23)22(7,8)16-24(20,11-3)12-4;/h13H,9-12,15-16H2,1-8H3;/q-1;+1. The van der Waals surface area contributed by atoms with Gasteiger partial charge in [-0.15, -0.1) is 11.1 Å². The molecule has 0 saturated carbocycles. The van der Waals surface area contributed by atoms with Gasteiger partial charge in [0.05, 0.1) is 0 Å². The number of fused-ring (bicyclic) bond motifs is 2. The van der Waals surface area contributed by atoms with Gasteiger partial charge < -0.3 is 0 Å². The van der Waals surface area contributed by atoms with Gasteiger partial charge in [-0.25, -0.2) is 0 Å². The summed E-state index contributed by atoms with van der Waals surface area (Å²) in [5.41, 5.74) is 7.59. The van der Waals surface area contributed by atoms with Crippen molar-refractivity contribution in [3.8, 4) is 0 Å². The van der Waals surface area contributed by atoms with Gasteiger partial charge in [0, 0.05) is 0 Å². The maximum atomic E-state index is 4.07. The Bertz CT molecular complexity index is 585. The van der Waals surface area contributed by atoms with Gasteiger partial charge in [0.2, 0.25) is 0 Å². The summed E-state index contributed by atoms with van der Waals surface area (Å²) >= 11 is 0. The molecular weight excluding hydrogens is 295 g/mol. The molecule has 0 nitrogen and oxygen atoms in total. The summed E-state index contributed by atoms with van der Waals surface area (Å²) < 4.78 is 0. The number of hydrogen-bond donors (Lipinski definition) is 0. The summed E-state index contributed by atoms with van der Waals surface area (Å²) in [6.07, 6.45) is 7.55. The molecule has 1 aromatic rings. The second-order valence-corrected chi connectivity index (χ2v) is 9.94. The Morgan fingerprint density at radius 3 is 1.68 bits per heavy atom. The smallest absolute Gasteiger partial charge is 0.175 e. The molecule has 0 radical (unpaired) electrons. The predicted octanol–water partition coefficient (Wildman–Crippen LogP) is 3.97. The summed E-state index contributed by atoms with van der Waals surface area (Å²) in [4.78, 5) is 0. The Kier molecular flexibility index (Phi) is 5.46. The van der Waals surface area contributed by atoms with Crippen LogP contribution in [0.25, 0.3) is 0 Å². The van der Waals surface area contributed by atoms with Crippen molar-refractivity contribution in [3.05, 3.63) is 34.4 Å². The van der Waals surface area contributed by atoms with Crippen molar-refractivity contribution in [1.29, 1.82) is 0 Å². The van der Waals surface area contributed by atoms with E-state index in [0.717, 1.165) is 0 Å². The van der Waals surface area contributed by atoms with E-state index in [1.165, 1.54) is 44.1 Å². The molecule has 3 rings (SSSR count). The Morgan fingerprint density at radius 1 is 0.720 bits per heavy atom. The van der Waals surface area contributed by atoms with Crippen molar-refractivity contribution < 1.29 is 18.9 Å². The fraction of sp³-hybridized carbons (Fsp3) is 0.750. The molecule has 0 N–H and O–H groups in total. The van der Waals surface area contributed by atoms with Crippen LogP contribution in [-0.4, -0.2) is 0 Å². The molecule has 134 valence electrons. The van der Waals surface area contributed by atoms with Crippen LogP contribution in [0.15, 0.2) is 6.07 Å². The zero-order chi connectivity index (χ0) is 18.0. The minimum absolute atomic E-state index is 0. The van der Waals surface area contributed by atoms with Gasteiger partial charge in [-0.1, -0.05) is 73.6 Å². The van der Waals surface area contributed by atoms with Gasteiger partial charge in [-0.05, 0) is 41.9 Å². The van der Waals surface area contributed by atoms with Gasteiger partial charge in [-0.3, -0.25) is 0 Å². The summed E-state index contributed by atoms with van der Waals surface area (Å²) in [5, 5.41) is 0. The molecule has 2 aliphatic carbocycles. The number of rotatable bonds is 4. The van der Waals surface area contributed by atoms with Gasteiger partial charge in [0.15, 0.2) is 0 Å². The molecule has 0 bridgehead atoms. The van der Waals surface area contributed by atoms with E-state index in [4.69, 9.17) is 0 Å². The summed E-state index contributed by atoms with van der Waals surface area (Å²) in [5.74, 6) is 0. The molecule has 0 aromatic heterocycles. The molecule has 2 aliphatic rings. The van der Waals surface area contributed by atoms with Crippen LogP contribution in [0.1, 0.15) is 116 Å². The second kappa shape index (κ2) is 6.46. The number of benzene rings is 1. The van der Waals surface area contributed by atoms with Crippen molar-refractivity contribution in [1.82, 2.24) is 0 Å². The van der Waals surface area contributed by atoms with Crippen LogP contribution >= 0.6 is 0 Å². The Balaban J connectivity index is 0.00000225. The Labute approximate surface area is 168 Å². The molecule has 0 saturated heterocycles. The van der Waals surface area contributed by atoms with E-state index in [9.17, 15) is 0 Å². The third-order valence-corrected chi connectivity index (χ3v) is 7.85. The largest absolute Gasteiger partial charge is 1.00 e. The Morgan fingerprint density at radius 2 is 1.20 bits per heavy atom. The Hall–Kier alpha value is -0.183. The first-order chi connectivity index (χ1) is 11.1. The molecule has 1 aromatic carbocycles. The van der Waals surface area contributed by atoms with E-state index in [0.29, 0.717) is 10.8 Å². The van der Waals surface area contributed by atoms with Gasteiger partial charge in [0.25, 0.3) is 0 Å². The average molecular weight is 333 g/mol. The van der Waals surface area contributed by atoms with E-state index in [1.807, 2.05) is 0 Å². The third-order valence-electron chi connectivity index (χ3n) is 7.85. The summed E-state index contributed by atoms with van der Waals surface area (Å²) in [6, 6.07) is 6.70. The minimum atomic E-state index is 0. The molecule has 0 amide bonds. The SMILES string of the molecule is CCC1(CC)CC(C)(C)c2cc3c([c-]c21)C(C)(C)CC3(CC)CC.[Li+]. The van der Waals surface area contributed by atoms with Crippen molar-refractivity contribution in [2.75, 3.05) is 0 Å². The minimum Gasteiger partial charge on any atom is -0.175 e. The molecule has 0 spiro atoms. The zero-order valence-electron chi connectivity index (χ0n) is 18.3. The average Bonchev–Trinajstić information content (AvgIpc) is 2.93. The normalized spacial score (nSPS) is 23.7. The van der Waals surface area contributed by atoms with E-state index < -0.39 is 0 Å². The molecule has 0 heterocycles. The van der Waals surface area contributed by atoms with Crippen molar-refractivity contribution in [2.45, 2.75) is 116 Å². The van der Waals surface area contributed by atoms with E-state index in [-0.39, 0.29) is 29.7 Å². The van der Waals surface area contributed by atoms with Crippen molar-refractivity contribution >= 4 is 0 Å². The zero-order valence-corrected chi connectivity index (χ0v) is 18.3. The molecule has 1 heteroatoms. The molecule has 0 aliphatic heterocycles. The molecule has 0 fully saturated rings. The van der Waals surface area contributed by atoms with Crippen molar-refractivity contribution in [3.63, 3.8) is 0 Å². The molecular formula is C24H37Li. The van der Waals surface area contributed by atoms with E-state index in [1.54, 1.807) is 16.7 Å². The van der Waals surface area contributed by atoms with Crippen LogP contribution in [0.2, 0.25) is 0 Å². The molecule has 0 atom stereocenters. The quantitative estimate of drug-likeness (QED) is 0.578. The predicted molar refractivity (Wildman–Crippen MR) is 105 cm³/mol. The third kappa shape index (κ3) is 2.78. The van der Waals surface area contributed by atoms with Crippen LogP contribution in [0.3, 0.4) is 0 Å². The monoisotopic (exact) mass is 332 g/mol. The van der Waals surface area contributed by atoms with Crippen LogP contribution in [0, 0.1) is 6.07 Å². The van der Waals surface area contributed by atoms with E-state index >= 15 is 0 Å². The first-order valence-corrected chi connectivity index (χ1v) is 10.2. The fourth-order valence-electron chi connectivity index (χ4n) is 6.25. The van der Waals surface area contributed by atoms with Crippen LogP contribution in [0.5, 0.6) is 0 Å². The first kappa shape index (κ1) is 21.1. The molecule has 25 heavy (non-hydrogen) atoms. The number of hydrogen-bond acceptors (Lipinski definition) is 0. The first-order valence-electron chi connectivity index (χ1n) is 10.2. The summed E-state index contributed by atoms with van der Waals surface area (Å²) in [6.45, 7) is 19.3. The maximum Gasteiger partial charge on any atom is 1.00 e. The van der Waals surface area contributed by atoms with Gasteiger partial charge in [0.1, 0.15) is 0 Å². The van der Waals surface area contributed by atoms with E-state index in [2.05, 4.69) is 67.5 Å². The van der Waals surface area contributed by atoms with Gasteiger partial charge >= 0.3 is 18.9 Å². The second-order valence-electron chi connectivity index (χ2n) is 9.94. The summed E-state index contributed by atoms with van der Waals surface area (Å²) in [7, 11) is 0. The van der Waals surface area contributed by atoms with Crippen LogP contribution in [0.4, 0.5) is 0 Å². The topological polar surface area (TPSA) is 0 Å².